The summed E-state index contributed by atoms with van der Waals surface area (Å²) < 4.78 is 28.5. The number of halogens is 2. The number of anilines is 1. The standard InChI is InChI=1S/C27H26F2N6O2/c1-17-22-9-10-24(36)35(25(22)32-27(31-17)34-13-11-33(2)12-14-34)21-7-4-18(5-8-21)26(37)30-16-19-3-6-20(28)15-23(19)29/h3-10,15H,11-14,16H2,1-2H3,(H,30,37). The Morgan fingerprint density at radius 2 is 1.70 bits per heavy atom. The number of benzene rings is 2. The van der Waals surface area contributed by atoms with Crippen molar-refractivity contribution in [2.24, 2.45) is 0 Å². The zero-order chi connectivity index (χ0) is 26.1. The van der Waals surface area contributed by atoms with E-state index in [4.69, 9.17) is 4.98 Å². The van der Waals surface area contributed by atoms with E-state index in [1.54, 1.807) is 30.3 Å². The number of amides is 1. The van der Waals surface area contributed by atoms with Crippen LogP contribution in [0.15, 0.2) is 59.4 Å². The van der Waals surface area contributed by atoms with Crippen molar-refractivity contribution in [3.63, 3.8) is 0 Å². The van der Waals surface area contributed by atoms with Gasteiger partial charge in [-0.05, 0) is 50.4 Å². The molecule has 4 aromatic rings. The van der Waals surface area contributed by atoms with Crippen molar-refractivity contribution in [1.82, 2.24) is 24.8 Å². The number of hydrogen-bond donors (Lipinski definition) is 1. The van der Waals surface area contributed by atoms with Crippen LogP contribution in [-0.2, 0) is 6.54 Å². The van der Waals surface area contributed by atoms with Crippen molar-refractivity contribution in [3.05, 3.63) is 93.4 Å². The fraction of sp³-hybridized carbons (Fsp3) is 0.259. The van der Waals surface area contributed by atoms with Crippen LogP contribution in [0.4, 0.5) is 14.7 Å². The molecule has 1 aliphatic heterocycles. The van der Waals surface area contributed by atoms with E-state index in [0.717, 1.165) is 49.4 Å². The van der Waals surface area contributed by atoms with Crippen LogP contribution in [0.1, 0.15) is 21.6 Å². The molecule has 2 aromatic carbocycles. The Hall–Kier alpha value is -4.18. The summed E-state index contributed by atoms with van der Waals surface area (Å²) in [6.07, 6.45) is 0. The first-order chi connectivity index (χ1) is 17.8. The number of rotatable bonds is 5. The monoisotopic (exact) mass is 504 g/mol. The Labute approximate surface area is 212 Å². The van der Waals surface area contributed by atoms with Crippen LogP contribution >= 0.6 is 0 Å². The molecule has 10 heteroatoms. The van der Waals surface area contributed by atoms with Crippen LogP contribution in [0.25, 0.3) is 16.7 Å². The van der Waals surface area contributed by atoms with Crippen LogP contribution in [0.5, 0.6) is 0 Å². The van der Waals surface area contributed by atoms with Gasteiger partial charge >= 0.3 is 0 Å². The van der Waals surface area contributed by atoms with E-state index in [-0.39, 0.29) is 17.7 Å². The normalized spacial score (nSPS) is 14.2. The predicted molar refractivity (Wildman–Crippen MR) is 137 cm³/mol. The molecule has 3 heterocycles. The molecule has 8 nitrogen and oxygen atoms in total. The molecule has 1 amide bonds. The Balaban J connectivity index is 1.42. The average molecular weight is 505 g/mol. The number of nitrogens with one attached hydrogen (secondary N) is 1. The first-order valence-electron chi connectivity index (χ1n) is 12.0. The number of carbonyl (C=O) groups is 1. The number of fused-ring (bicyclic) bond motifs is 1. The summed E-state index contributed by atoms with van der Waals surface area (Å²) in [7, 11) is 2.08. The average Bonchev–Trinajstić information content (AvgIpc) is 2.88. The third kappa shape index (κ3) is 5.05. The number of carbonyl (C=O) groups excluding carboxylic acids is 1. The molecule has 0 spiro atoms. The highest BCUT2D eigenvalue weighted by Gasteiger charge is 2.19. The van der Waals surface area contributed by atoms with Gasteiger partial charge in [0.2, 0.25) is 5.95 Å². The van der Waals surface area contributed by atoms with Gasteiger partial charge in [-0.3, -0.25) is 14.2 Å². The topological polar surface area (TPSA) is 83.4 Å². The third-order valence-corrected chi connectivity index (χ3v) is 6.56. The zero-order valence-electron chi connectivity index (χ0n) is 20.5. The number of aryl methyl sites for hydroxylation is 1. The second kappa shape index (κ2) is 10.1. The van der Waals surface area contributed by atoms with Gasteiger partial charge in [-0.2, -0.15) is 4.98 Å². The van der Waals surface area contributed by atoms with E-state index in [9.17, 15) is 18.4 Å². The Morgan fingerprint density at radius 3 is 2.41 bits per heavy atom. The van der Waals surface area contributed by atoms with Gasteiger partial charge in [0, 0.05) is 61.4 Å². The molecule has 0 atom stereocenters. The van der Waals surface area contributed by atoms with Crippen LogP contribution in [0.2, 0.25) is 0 Å². The number of pyridine rings is 1. The molecule has 190 valence electrons. The maximum absolute atomic E-state index is 13.9. The number of aromatic nitrogens is 3. The van der Waals surface area contributed by atoms with E-state index in [1.807, 2.05) is 6.92 Å². The minimum absolute atomic E-state index is 0.0826. The Bertz CT molecular complexity index is 1530. The number of nitrogens with zero attached hydrogens (tertiary/aromatic N) is 5. The van der Waals surface area contributed by atoms with Gasteiger partial charge in [0.15, 0.2) is 5.65 Å². The molecule has 0 bridgehead atoms. The van der Waals surface area contributed by atoms with E-state index in [2.05, 4.69) is 27.1 Å². The Morgan fingerprint density at radius 1 is 0.973 bits per heavy atom. The molecule has 5 rings (SSSR count). The van der Waals surface area contributed by atoms with Crippen LogP contribution in [0, 0.1) is 18.6 Å². The highest BCUT2D eigenvalue weighted by molar-refractivity contribution is 5.94. The number of piperazine rings is 1. The van der Waals surface area contributed by atoms with Gasteiger partial charge < -0.3 is 15.1 Å². The minimum Gasteiger partial charge on any atom is -0.348 e. The molecular formula is C27H26F2N6O2. The van der Waals surface area contributed by atoms with E-state index < -0.39 is 17.5 Å². The van der Waals surface area contributed by atoms with Crippen molar-refractivity contribution >= 4 is 22.9 Å². The lowest BCUT2D eigenvalue weighted by Gasteiger charge is -2.32. The molecule has 1 aliphatic rings. The van der Waals surface area contributed by atoms with Crippen molar-refractivity contribution in [2.75, 3.05) is 38.1 Å². The van der Waals surface area contributed by atoms with Crippen molar-refractivity contribution in [1.29, 1.82) is 0 Å². The molecule has 0 aliphatic carbocycles. The Kier molecular flexibility index (Phi) is 6.66. The third-order valence-electron chi connectivity index (χ3n) is 6.56. The van der Waals surface area contributed by atoms with Gasteiger partial charge in [-0.25, -0.2) is 13.8 Å². The van der Waals surface area contributed by atoms with E-state index in [0.29, 0.717) is 22.8 Å². The molecule has 1 fully saturated rings. The quantitative estimate of drug-likeness (QED) is 0.450. The molecule has 0 unspecified atom stereocenters. The summed E-state index contributed by atoms with van der Waals surface area (Å²) in [5, 5.41) is 3.40. The van der Waals surface area contributed by atoms with E-state index in [1.165, 1.54) is 16.7 Å². The molecule has 1 N–H and O–H groups in total. The first-order valence-corrected chi connectivity index (χ1v) is 12.0. The molecule has 0 saturated carbocycles. The predicted octanol–water partition coefficient (Wildman–Crippen LogP) is 3.05. The van der Waals surface area contributed by atoms with Gasteiger partial charge in [0.25, 0.3) is 11.5 Å². The summed E-state index contributed by atoms with van der Waals surface area (Å²) in [5.74, 6) is -1.24. The summed E-state index contributed by atoms with van der Waals surface area (Å²) in [4.78, 5) is 39.4. The minimum atomic E-state index is -0.723. The second-order valence-corrected chi connectivity index (χ2v) is 9.11. The van der Waals surface area contributed by atoms with Gasteiger partial charge in [-0.1, -0.05) is 6.07 Å². The maximum Gasteiger partial charge on any atom is 0.256 e. The van der Waals surface area contributed by atoms with Crippen LogP contribution in [0.3, 0.4) is 0 Å². The lowest BCUT2D eigenvalue weighted by molar-refractivity contribution is 0.0950. The summed E-state index contributed by atoms with van der Waals surface area (Å²) in [6, 6.07) is 12.9. The maximum atomic E-state index is 13.9. The van der Waals surface area contributed by atoms with Crippen molar-refractivity contribution < 1.29 is 13.6 Å². The summed E-state index contributed by atoms with van der Waals surface area (Å²) in [6.45, 7) is 5.21. The number of likely N-dealkylation sites (N-methyl/N-ethyl adjacent to an activating group) is 1. The largest absolute Gasteiger partial charge is 0.348 e. The molecule has 37 heavy (non-hydrogen) atoms. The molecule has 0 radical (unpaired) electrons. The van der Waals surface area contributed by atoms with Crippen molar-refractivity contribution in [3.8, 4) is 5.69 Å². The summed E-state index contributed by atoms with van der Waals surface area (Å²) >= 11 is 0. The SMILES string of the molecule is Cc1nc(N2CCN(C)CC2)nc2c1ccc(=O)n2-c1ccc(C(=O)NCc2ccc(F)cc2F)cc1. The lowest BCUT2D eigenvalue weighted by Crippen LogP contribution is -2.45. The van der Waals surface area contributed by atoms with Gasteiger partial charge in [0.1, 0.15) is 11.6 Å². The highest BCUT2D eigenvalue weighted by atomic mass is 19.1. The zero-order valence-corrected chi connectivity index (χ0v) is 20.5. The fourth-order valence-electron chi connectivity index (χ4n) is 4.35. The second-order valence-electron chi connectivity index (χ2n) is 9.11. The summed E-state index contributed by atoms with van der Waals surface area (Å²) in [5.41, 5.74) is 2.09. The van der Waals surface area contributed by atoms with E-state index >= 15 is 0 Å². The number of hydrogen-bond acceptors (Lipinski definition) is 6. The molecule has 2 aromatic heterocycles. The highest BCUT2D eigenvalue weighted by Crippen LogP contribution is 2.22. The van der Waals surface area contributed by atoms with Crippen LogP contribution < -0.4 is 15.8 Å². The van der Waals surface area contributed by atoms with Crippen LogP contribution in [-0.4, -0.2) is 58.6 Å². The molecular weight excluding hydrogens is 478 g/mol. The molecule has 1 saturated heterocycles. The fourth-order valence-corrected chi connectivity index (χ4v) is 4.35. The van der Waals surface area contributed by atoms with Gasteiger partial charge in [-0.15, -0.1) is 0 Å². The lowest BCUT2D eigenvalue weighted by atomic mass is 10.1. The van der Waals surface area contributed by atoms with Gasteiger partial charge in [0.05, 0.1) is 11.4 Å². The van der Waals surface area contributed by atoms with Crippen molar-refractivity contribution in [2.45, 2.75) is 13.5 Å². The first kappa shape index (κ1) is 24.5. The smallest absolute Gasteiger partial charge is 0.256 e.